The Labute approximate surface area is 126 Å². The highest BCUT2D eigenvalue weighted by Crippen LogP contribution is 2.18. The van der Waals surface area contributed by atoms with Crippen LogP contribution in [0.25, 0.3) is 11.0 Å². The van der Waals surface area contributed by atoms with E-state index in [9.17, 15) is 9.18 Å². The van der Waals surface area contributed by atoms with E-state index < -0.39 is 0 Å². The maximum Gasteiger partial charge on any atom is 0.287 e. The molecule has 3 rings (SSSR count). The maximum atomic E-state index is 13.4. The topological polar surface area (TPSA) is 42.2 Å². The van der Waals surface area contributed by atoms with E-state index in [4.69, 9.17) is 4.42 Å². The van der Waals surface area contributed by atoms with Gasteiger partial charge in [0.05, 0.1) is 12.1 Å². The van der Waals surface area contributed by atoms with E-state index in [0.29, 0.717) is 11.1 Å². The zero-order chi connectivity index (χ0) is 15.4. The average molecular weight is 293 g/mol. The van der Waals surface area contributed by atoms with Crippen LogP contribution in [0.5, 0.6) is 0 Å². The number of hydrogen-bond donors (Lipinski definition) is 1. The van der Waals surface area contributed by atoms with Crippen LogP contribution >= 0.6 is 0 Å². The van der Waals surface area contributed by atoms with E-state index in [1.54, 1.807) is 30.3 Å². The number of para-hydroxylation sites is 1. The molecule has 1 amide bonds. The number of halogens is 1. The van der Waals surface area contributed by atoms with Gasteiger partial charge >= 0.3 is 0 Å². The van der Waals surface area contributed by atoms with Gasteiger partial charge in [0, 0.05) is 5.39 Å². The predicted octanol–water partition coefficient (Wildman–Crippen LogP) is 3.35. The molecular formula is C18H12FNO2. The van der Waals surface area contributed by atoms with Gasteiger partial charge < -0.3 is 9.73 Å². The average Bonchev–Trinajstić information content (AvgIpc) is 2.97. The molecule has 1 heterocycles. The first-order chi connectivity index (χ1) is 10.7. The van der Waals surface area contributed by atoms with Crippen molar-refractivity contribution < 1.29 is 13.6 Å². The Morgan fingerprint density at radius 2 is 1.91 bits per heavy atom. The Hall–Kier alpha value is -3.06. The van der Waals surface area contributed by atoms with E-state index >= 15 is 0 Å². The Kier molecular flexibility index (Phi) is 3.88. The minimum atomic E-state index is -0.376. The zero-order valence-electron chi connectivity index (χ0n) is 11.6. The summed E-state index contributed by atoms with van der Waals surface area (Å²) in [7, 11) is 0. The molecule has 0 fully saturated rings. The minimum Gasteiger partial charge on any atom is -0.451 e. The lowest BCUT2D eigenvalue weighted by molar-refractivity contribution is 0.0933. The van der Waals surface area contributed by atoms with Gasteiger partial charge in [-0.25, -0.2) is 4.39 Å². The quantitative estimate of drug-likeness (QED) is 0.736. The summed E-state index contributed by atoms with van der Waals surface area (Å²) < 4.78 is 18.8. The minimum absolute atomic E-state index is 0.115. The molecule has 0 atom stereocenters. The lowest BCUT2D eigenvalue weighted by Gasteiger charge is -1.96. The molecule has 0 aliphatic heterocycles. The number of nitrogens with one attached hydrogen (secondary N) is 1. The summed E-state index contributed by atoms with van der Waals surface area (Å²) in [6.07, 6.45) is 0. The lowest BCUT2D eigenvalue weighted by atomic mass is 10.2. The molecule has 0 aliphatic carbocycles. The third kappa shape index (κ3) is 2.99. The van der Waals surface area contributed by atoms with Crippen molar-refractivity contribution in [1.29, 1.82) is 0 Å². The predicted molar refractivity (Wildman–Crippen MR) is 81.8 cm³/mol. The van der Waals surface area contributed by atoms with Crippen molar-refractivity contribution in [3.05, 3.63) is 71.7 Å². The largest absolute Gasteiger partial charge is 0.451 e. The monoisotopic (exact) mass is 293 g/mol. The molecule has 3 nitrogen and oxygen atoms in total. The Morgan fingerprint density at radius 3 is 2.73 bits per heavy atom. The van der Waals surface area contributed by atoms with Crippen LogP contribution in [-0.2, 0) is 0 Å². The molecule has 0 aliphatic rings. The van der Waals surface area contributed by atoms with Crippen LogP contribution in [0.1, 0.15) is 16.1 Å². The number of fused-ring (bicyclic) bond motifs is 1. The van der Waals surface area contributed by atoms with Crippen molar-refractivity contribution in [2.75, 3.05) is 6.54 Å². The fourth-order valence-electron chi connectivity index (χ4n) is 2.01. The SMILES string of the molecule is O=C(NCC#Cc1ccccc1F)c1cc2ccccc2o1. The van der Waals surface area contributed by atoms with Crippen LogP contribution in [-0.4, -0.2) is 12.5 Å². The first-order valence-corrected chi connectivity index (χ1v) is 6.74. The van der Waals surface area contributed by atoms with Crippen molar-refractivity contribution in [3.8, 4) is 11.8 Å². The molecule has 0 saturated carbocycles. The van der Waals surface area contributed by atoms with Crippen molar-refractivity contribution in [3.63, 3.8) is 0 Å². The molecule has 1 N–H and O–H groups in total. The maximum absolute atomic E-state index is 13.4. The van der Waals surface area contributed by atoms with Gasteiger partial charge in [0.15, 0.2) is 5.76 Å². The molecule has 0 unspecified atom stereocenters. The van der Waals surface area contributed by atoms with Gasteiger partial charge in [0.2, 0.25) is 0 Å². The van der Waals surface area contributed by atoms with Crippen LogP contribution in [0.15, 0.2) is 59.0 Å². The molecule has 3 aromatic rings. The second-order valence-corrected chi connectivity index (χ2v) is 4.61. The summed E-state index contributed by atoms with van der Waals surface area (Å²) in [5.41, 5.74) is 0.963. The first-order valence-electron chi connectivity index (χ1n) is 6.74. The fraction of sp³-hybridized carbons (Fsp3) is 0.0556. The van der Waals surface area contributed by atoms with E-state index in [-0.39, 0.29) is 24.0 Å². The van der Waals surface area contributed by atoms with E-state index in [2.05, 4.69) is 17.2 Å². The molecule has 22 heavy (non-hydrogen) atoms. The summed E-state index contributed by atoms with van der Waals surface area (Å²) in [6.45, 7) is 0.115. The van der Waals surface area contributed by atoms with Crippen LogP contribution in [0.2, 0.25) is 0 Å². The molecule has 0 spiro atoms. The summed E-state index contributed by atoms with van der Waals surface area (Å²) in [4.78, 5) is 11.9. The number of amides is 1. The van der Waals surface area contributed by atoms with Crippen molar-refractivity contribution >= 4 is 16.9 Å². The normalized spacial score (nSPS) is 10.0. The molecule has 4 heteroatoms. The van der Waals surface area contributed by atoms with Gasteiger partial charge in [-0.05, 0) is 24.3 Å². The molecule has 2 aromatic carbocycles. The zero-order valence-corrected chi connectivity index (χ0v) is 11.6. The highest BCUT2D eigenvalue weighted by molar-refractivity contribution is 5.96. The number of rotatable bonds is 2. The second kappa shape index (κ2) is 6.15. The van der Waals surface area contributed by atoms with E-state index in [1.165, 1.54) is 6.07 Å². The Bertz CT molecular complexity index is 853. The summed E-state index contributed by atoms with van der Waals surface area (Å²) in [6, 6.07) is 15.3. The van der Waals surface area contributed by atoms with Crippen LogP contribution in [0.4, 0.5) is 4.39 Å². The standard InChI is InChI=1S/C18H12FNO2/c19-15-9-3-1-6-13(15)8-5-11-20-18(21)17-12-14-7-2-4-10-16(14)22-17/h1-4,6-7,9-10,12H,11H2,(H,20,21). The number of carbonyl (C=O) groups excluding carboxylic acids is 1. The van der Waals surface area contributed by atoms with Crippen LogP contribution < -0.4 is 5.32 Å². The van der Waals surface area contributed by atoms with Crippen LogP contribution in [0.3, 0.4) is 0 Å². The van der Waals surface area contributed by atoms with Gasteiger partial charge in [-0.15, -0.1) is 0 Å². The van der Waals surface area contributed by atoms with Gasteiger partial charge in [0.25, 0.3) is 5.91 Å². The summed E-state index contributed by atoms with van der Waals surface area (Å²) >= 11 is 0. The van der Waals surface area contributed by atoms with E-state index in [1.807, 2.05) is 18.2 Å². The molecule has 1 aromatic heterocycles. The highest BCUT2D eigenvalue weighted by Gasteiger charge is 2.10. The summed E-state index contributed by atoms with van der Waals surface area (Å²) in [5.74, 6) is 4.90. The van der Waals surface area contributed by atoms with Crippen LogP contribution in [0, 0.1) is 17.7 Å². The molecule has 0 bridgehead atoms. The smallest absolute Gasteiger partial charge is 0.287 e. The molecule has 108 valence electrons. The molecular weight excluding hydrogens is 281 g/mol. The Balaban J connectivity index is 1.65. The number of benzene rings is 2. The molecule has 0 saturated heterocycles. The van der Waals surface area contributed by atoms with Crippen molar-refractivity contribution in [2.45, 2.75) is 0 Å². The van der Waals surface area contributed by atoms with Gasteiger partial charge in [0.1, 0.15) is 11.4 Å². The van der Waals surface area contributed by atoms with Crippen molar-refractivity contribution in [2.24, 2.45) is 0 Å². The van der Waals surface area contributed by atoms with E-state index in [0.717, 1.165) is 5.39 Å². The summed E-state index contributed by atoms with van der Waals surface area (Å²) in [5, 5.41) is 3.49. The van der Waals surface area contributed by atoms with Crippen molar-refractivity contribution in [1.82, 2.24) is 5.32 Å². The number of furan rings is 1. The van der Waals surface area contributed by atoms with Gasteiger partial charge in [-0.3, -0.25) is 4.79 Å². The molecule has 0 radical (unpaired) electrons. The van der Waals surface area contributed by atoms with Gasteiger partial charge in [-0.1, -0.05) is 42.2 Å². The second-order valence-electron chi connectivity index (χ2n) is 4.61. The third-order valence-electron chi connectivity index (χ3n) is 3.08. The number of hydrogen-bond acceptors (Lipinski definition) is 2. The first kappa shape index (κ1) is 13.9. The van der Waals surface area contributed by atoms with Gasteiger partial charge in [-0.2, -0.15) is 0 Å². The Morgan fingerprint density at radius 1 is 1.14 bits per heavy atom. The third-order valence-corrected chi connectivity index (χ3v) is 3.08. The number of carbonyl (C=O) groups is 1. The lowest BCUT2D eigenvalue weighted by Crippen LogP contribution is -2.22. The highest BCUT2D eigenvalue weighted by atomic mass is 19.1. The fourth-order valence-corrected chi connectivity index (χ4v) is 2.01.